The topological polar surface area (TPSA) is 260 Å². The van der Waals surface area contributed by atoms with Crippen LogP contribution in [0.2, 0.25) is 0 Å². The van der Waals surface area contributed by atoms with E-state index in [9.17, 15) is 40.2 Å². The highest BCUT2D eigenvalue weighted by molar-refractivity contribution is 6.13. The Kier molecular flexibility index (Phi) is 9.16. The van der Waals surface area contributed by atoms with E-state index >= 15 is 0 Å². The molecule has 2 aromatic carbocycles. The summed E-state index contributed by atoms with van der Waals surface area (Å²) < 4.78 is 68.7. The SMILES string of the molecule is COc1c2c(c(O)c3c4c(ccc13)C1O[C@]3(C(OC)OC)OC1C(O[C@H]1C[C@@H](O)[C@@](O)(C(C)=O)[C@H](C)O1)(O4)C31CO1)C(=O)C(O)CC2O[C@H]1C[C@@](C)(O)[C@H](O)[C@H](C)O1. The molecule has 1 aliphatic carbocycles. The molecular formula is C39H48O19. The molecule has 58 heavy (non-hydrogen) atoms. The molecule has 19 heteroatoms. The van der Waals surface area contributed by atoms with Crippen molar-refractivity contribution >= 4 is 22.3 Å². The second kappa shape index (κ2) is 13.2. The Morgan fingerprint density at radius 1 is 1.00 bits per heavy atom. The smallest absolute Gasteiger partial charge is 0.279 e. The fraction of sp³-hybridized carbons (Fsp3) is 0.692. The fourth-order valence-electron chi connectivity index (χ4n) is 10.1. The first kappa shape index (κ1) is 40.3. The molecule has 15 atom stereocenters. The lowest BCUT2D eigenvalue weighted by Crippen LogP contribution is -2.72. The van der Waals surface area contributed by atoms with Crippen LogP contribution < -0.4 is 9.47 Å². The molecule has 6 N–H and O–H groups in total. The van der Waals surface area contributed by atoms with E-state index in [4.69, 9.17) is 52.1 Å². The van der Waals surface area contributed by atoms with E-state index in [1.54, 1.807) is 19.1 Å². The van der Waals surface area contributed by atoms with Gasteiger partial charge in [0.15, 0.2) is 35.9 Å². The summed E-state index contributed by atoms with van der Waals surface area (Å²) in [5.74, 6) is -5.84. The Morgan fingerprint density at radius 3 is 2.31 bits per heavy atom. The number of benzene rings is 2. The third-order valence-corrected chi connectivity index (χ3v) is 13.2. The number of Topliss-reactive ketones (excluding diaryl/α,β-unsaturated/α-hetero) is 2. The lowest BCUT2D eigenvalue weighted by molar-refractivity contribution is -0.385. The Bertz CT molecular complexity index is 2030. The molecule has 0 aromatic heterocycles. The van der Waals surface area contributed by atoms with E-state index in [-0.39, 0.29) is 59.3 Å². The van der Waals surface area contributed by atoms with Crippen LogP contribution in [0.1, 0.15) is 80.7 Å². The number of phenols is 1. The number of hydrogen-bond donors (Lipinski definition) is 6. The van der Waals surface area contributed by atoms with Crippen molar-refractivity contribution in [2.75, 3.05) is 27.9 Å². The summed E-state index contributed by atoms with van der Waals surface area (Å²) in [5, 5.41) is 67.3. The molecule has 19 nitrogen and oxygen atoms in total. The highest BCUT2D eigenvalue weighted by atomic mass is 16.9. The number of phenolic OH excluding ortho intramolecular Hbond substituents is 1. The van der Waals surface area contributed by atoms with Crippen molar-refractivity contribution in [3.05, 3.63) is 28.8 Å². The number of aromatic hydroxyl groups is 1. The van der Waals surface area contributed by atoms with Gasteiger partial charge in [0, 0.05) is 50.0 Å². The van der Waals surface area contributed by atoms with Crippen molar-refractivity contribution in [1.29, 1.82) is 0 Å². The summed E-state index contributed by atoms with van der Waals surface area (Å²) in [6, 6.07) is 3.31. The average molecular weight is 821 g/mol. The summed E-state index contributed by atoms with van der Waals surface area (Å²) >= 11 is 0. The zero-order valence-electron chi connectivity index (χ0n) is 32.8. The molecule has 9 rings (SSSR count). The fourth-order valence-corrected chi connectivity index (χ4v) is 10.1. The van der Waals surface area contributed by atoms with E-state index in [0.717, 1.165) is 6.92 Å². The van der Waals surface area contributed by atoms with E-state index in [1.807, 2.05) is 0 Å². The number of epoxide rings is 1. The molecule has 6 unspecified atom stereocenters. The minimum Gasteiger partial charge on any atom is -0.506 e. The second-order valence-corrected chi connectivity index (χ2v) is 16.5. The molecule has 1 spiro atoms. The van der Waals surface area contributed by atoms with Gasteiger partial charge in [-0.05, 0) is 33.8 Å². The number of methoxy groups -OCH3 is 3. The summed E-state index contributed by atoms with van der Waals surface area (Å²) in [7, 11) is 4.14. The number of fused-ring (bicyclic) bond motifs is 8. The maximum atomic E-state index is 13.9. The number of rotatable bonds is 9. The van der Waals surface area contributed by atoms with Crippen molar-refractivity contribution in [3.8, 4) is 17.2 Å². The zero-order chi connectivity index (χ0) is 41.6. The summed E-state index contributed by atoms with van der Waals surface area (Å²) in [6.45, 7) is 5.51. The Hall–Kier alpha value is -3.12. The van der Waals surface area contributed by atoms with Gasteiger partial charge in [-0.1, -0.05) is 6.07 Å². The third kappa shape index (κ3) is 5.05. The van der Waals surface area contributed by atoms with Crippen molar-refractivity contribution in [2.24, 2.45) is 0 Å². The van der Waals surface area contributed by atoms with Crippen molar-refractivity contribution < 1.29 is 92.3 Å². The van der Waals surface area contributed by atoms with Crippen LogP contribution in [-0.2, 0) is 47.4 Å². The molecule has 5 saturated heterocycles. The molecule has 2 aromatic rings. The molecule has 318 valence electrons. The van der Waals surface area contributed by atoms with Crippen molar-refractivity contribution in [2.45, 2.75) is 143 Å². The maximum Gasteiger partial charge on any atom is 0.279 e. The third-order valence-electron chi connectivity index (χ3n) is 13.2. The number of carbonyl (C=O) groups excluding carboxylic acids is 2. The highest BCUT2D eigenvalue weighted by Gasteiger charge is 2.94. The first-order chi connectivity index (χ1) is 27.4. The van der Waals surface area contributed by atoms with Crippen LogP contribution in [0.15, 0.2) is 12.1 Å². The normalized spacial score (nSPS) is 45.0. The number of ketones is 2. The van der Waals surface area contributed by atoms with Gasteiger partial charge in [-0.15, -0.1) is 0 Å². The first-order valence-electron chi connectivity index (χ1n) is 19.2. The summed E-state index contributed by atoms with van der Waals surface area (Å²) in [6.07, 6.45) is -14.1. The summed E-state index contributed by atoms with van der Waals surface area (Å²) in [5.41, 5.74) is -5.27. The lowest BCUT2D eigenvalue weighted by Gasteiger charge is -2.51. The molecule has 6 heterocycles. The lowest BCUT2D eigenvalue weighted by atomic mass is 9.78. The minimum atomic E-state index is -2.22. The Morgan fingerprint density at radius 2 is 1.71 bits per heavy atom. The van der Waals surface area contributed by atoms with E-state index < -0.39 is 113 Å². The van der Waals surface area contributed by atoms with Gasteiger partial charge >= 0.3 is 0 Å². The predicted octanol–water partition coefficient (Wildman–Crippen LogP) is 0.281. The predicted molar refractivity (Wildman–Crippen MR) is 189 cm³/mol. The second-order valence-electron chi connectivity index (χ2n) is 16.5. The molecule has 2 bridgehead atoms. The number of aliphatic hydroxyl groups excluding tert-OH is 3. The van der Waals surface area contributed by atoms with Gasteiger partial charge < -0.3 is 82.7 Å². The van der Waals surface area contributed by atoms with Crippen molar-refractivity contribution in [3.63, 3.8) is 0 Å². The molecular weight excluding hydrogens is 772 g/mol. The monoisotopic (exact) mass is 820 g/mol. The van der Waals surface area contributed by atoms with Crippen LogP contribution in [0.25, 0.3) is 10.8 Å². The first-order valence-corrected chi connectivity index (χ1v) is 19.2. The average Bonchev–Trinajstić information content (AvgIpc) is 3.84. The van der Waals surface area contributed by atoms with Crippen LogP contribution in [0.3, 0.4) is 0 Å². The van der Waals surface area contributed by atoms with Gasteiger partial charge in [0.2, 0.25) is 11.9 Å². The molecule has 6 aliphatic heterocycles. The standard InChI is InChI=1S/C39H48O19/c1-14-32(45)35(4,46)12-23(52-14)54-20-10-19(41)27(43)26-25(20)29(48-5)17-8-9-18-30(24(17)28(26)44)56-38(55-22-11-21(42)37(47,15(2)40)16(3)53-22)33-31(18)57-39(58-33,34(49-6)50-7)36(38)13-51-36/h8-9,14,16,19-23,31-34,41-42,44-47H,10-13H2,1-7H3/t14-,16-,19?,20?,21+,22-,23-,31?,32+,33?,35+,36?,37+,38?,39+/m0/s1. The van der Waals surface area contributed by atoms with Crippen molar-refractivity contribution in [1.82, 2.24) is 0 Å². The maximum absolute atomic E-state index is 13.9. The van der Waals surface area contributed by atoms with Crippen LogP contribution >= 0.6 is 0 Å². The quantitative estimate of drug-likeness (QED) is 0.147. The van der Waals surface area contributed by atoms with Crippen LogP contribution in [0, 0.1) is 0 Å². The van der Waals surface area contributed by atoms with Crippen LogP contribution in [0.4, 0.5) is 0 Å². The van der Waals surface area contributed by atoms with E-state index in [0.29, 0.717) is 5.56 Å². The van der Waals surface area contributed by atoms with Gasteiger partial charge in [0.1, 0.15) is 35.6 Å². The van der Waals surface area contributed by atoms with Gasteiger partial charge in [0.25, 0.3) is 11.6 Å². The molecule has 0 amide bonds. The van der Waals surface area contributed by atoms with Gasteiger partial charge in [-0.3, -0.25) is 9.59 Å². The van der Waals surface area contributed by atoms with Gasteiger partial charge in [-0.25, -0.2) is 0 Å². The van der Waals surface area contributed by atoms with Crippen LogP contribution in [0.5, 0.6) is 17.2 Å². The number of carbonyl (C=O) groups is 2. The number of aliphatic hydroxyl groups is 5. The molecule has 0 saturated carbocycles. The van der Waals surface area contributed by atoms with E-state index in [2.05, 4.69) is 0 Å². The number of hydrogen-bond acceptors (Lipinski definition) is 19. The minimum absolute atomic E-state index is 0.0212. The molecule has 5 fully saturated rings. The van der Waals surface area contributed by atoms with Crippen LogP contribution in [-0.4, -0.2) is 154 Å². The number of ether oxygens (including phenoxy) is 11. The Labute approximate surface area is 331 Å². The van der Waals surface area contributed by atoms with Gasteiger partial charge in [0.05, 0.1) is 54.7 Å². The molecule has 0 radical (unpaired) electrons. The van der Waals surface area contributed by atoms with E-state index in [1.165, 1.54) is 35.2 Å². The van der Waals surface area contributed by atoms with Gasteiger partial charge in [-0.2, -0.15) is 0 Å². The summed E-state index contributed by atoms with van der Waals surface area (Å²) in [4.78, 5) is 26.4. The zero-order valence-corrected chi connectivity index (χ0v) is 32.8. The highest BCUT2D eigenvalue weighted by Crippen LogP contribution is 2.72. The largest absolute Gasteiger partial charge is 0.506 e. The Balaban J connectivity index is 1.19. The molecule has 7 aliphatic rings.